The summed E-state index contributed by atoms with van der Waals surface area (Å²) in [4.78, 5) is 0. The van der Waals surface area contributed by atoms with Crippen LogP contribution in [0.5, 0.6) is 0 Å². The molecular weight excluding hydrogens is 340 g/mol. The number of hydrogen-bond donors (Lipinski definition) is 0. The van der Waals surface area contributed by atoms with Crippen LogP contribution in [0.15, 0.2) is 42.5 Å². The molecule has 150 valence electrons. The monoisotopic (exact) mass is 376 g/mol. The van der Waals surface area contributed by atoms with E-state index in [9.17, 15) is 0 Å². The number of rotatable bonds is 0. The summed E-state index contributed by atoms with van der Waals surface area (Å²) in [6, 6.07) is 15.3. The van der Waals surface area contributed by atoms with E-state index in [1.54, 1.807) is 0 Å². The highest BCUT2D eigenvalue weighted by molar-refractivity contribution is 6.20. The van der Waals surface area contributed by atoms with E-state index in [2.05, 4.69) is 92.9 Å². The topological polar surface area (TPSA) is 9.86 Å². The zero-order valence-electron chi connectivity index (χ0n) is 19.1. The van der Waals surface area contributed by atoms with Crippen molar-refractivity contribution in [1.82, 2.24) is 9.13 Å². The van der Waals surface area contributed by atoms with Gasteiger partial charge in [0.15, 0.2) is 0 Å². The molecule has 0 N–H and O–H groups in total. The molecule has 2 heteroatoms. The molecule has 3 aromatic carbocycles. The summed E-state index contributed by atoms with van der Waals surface area (Å²) in [5, 5.41) is 5.28. The molecule has 0 atom stereocenters. The van der Waals surface area contributed by atoms with E-state index in [-0.39, 0.29) is 5.54 Å². The molecule has 2 nitrogen and oxygen atoms in total. The third kappa shape index (κ3) is 3.26. The molecule has 1 heterocycles. The molecule has 0 radical (unpaired) electrons. The molecule has 0 aliphatic carbocycles. The molecule has 0 saturated carbocycles. The van der Waals surface area contributed by atoms with Crippen LogP contribution in [0, 0.1) is 6.92 Å². The van der Waals surface area contributed by atoms with Crippen LogP contribution in [0.2, 0.25) is 0 Å². The van der Waals surface area contributed by atoms with Crippen molar-refractivity contribution in [3.8, 4) is 0 Å². The summed E-state index contributed by atoms with van der Waals surface area (Å²) in [5.74, 6) is 0. The van der Waals surface area contributed by atoms with Crippen molar-refractivity contribution in [2.75, 3.05) is 0 Å². The van der Waals surface area contributed by atoms with Gasteiger partial charge in [-0.1, -0.05) is 70.7 Å². The lowest BCUT2D eigenvalue weighted by atomic mass is 9.94. The average molecular weight is 377 g/mol. The normalized spacial score (nSPS) is 11.2. The Labute approximate surface area is 170 Å². The van der Waals surface area contributed by atoms with E-state index >= 15 is 0 Å². The van der Waals surface area contributed by atoms with Gasteiger partial charge in [0, 0.05) is 23.4 Å². The first-order chi connectivity index (χ1) is 13.3. The third-order valence-corrected chi connectivity index (χ3v) is 5.16. The highest BCUT2D eigenvalue weighted by Gasteiger charge is 2.20. The Balaban J connectivity index is 0.000000660. The maximum atomic E-state index is 4.41. The lowest BCUT2D eigenvalue weighted by Crippen LogP contribution is -2.39. The molecular formula is C26H36N2. The van der Waals surface area contributed by atoms with Gasteiger partial charge in [0.2, 0.25) is 0 Å². The Hall–Kier alpha value is -2.48. The van der Waals surface area contributed by atoms with Crippen molar-refractivity contribution in [3.05, 3.63) is 53.5 Å². The lowest BCUT2D eigenvalue weighted by molar-refractivity contribution is 0.388. The van der Waals surface area contributed by atoms with Crippen molar-refractivity contribution in [2.24, 2.45) is 7.05 Å². The molecule has 0 aliphatic rings. The molecule has 0 saturated heterocycles. The minimum Gasteiger partial charge on any atom is -0.330 e. The predicted octanol–water partition coefficient (Wildman–Crippen LogP) is 7.09. The Bertz CT molecular complexity index is 1160. The largest absolute Gasteiger partial charge is 0.330 e. The van der Waals surface area contributed by atoms with Crippen LogP contribution in [0.1, 0.15) is 54.0 Å². The number of benzene rings is 3. The lowest BCUT2D eigenvalue weighted by Gasteiger charge is -2.30. The quantitative estimate of drug-likeness (QED) is 0.229. The SMILES string of the molecule is C=c1n(C)c2c3ccccc3c(C)c3cccc(c32)n1C(C)(C)C.CC.CC. The van der Waals surface area contributed by atoms with Crippen LogP contribution in [-0.4, -0.2) is 9.13 Å². The maximum absolute atomic E-state index is 4.41. The summed E-state index contributed by atoms with van der Waals surface area (Å²) < 4.78 is 4.61. The Morgan fingerprint density at radius 3 is 1.89 bits per heavy atom. The van der Waals surface area contributed by atoms with Crippen molar-refractivity contribution < 1.29 is 0 Å². The molecule has 0 fully saturated rings. The van der Waals surface area contributed by atoms with Crippen molar-refractivity contribution >= 4 is 39.2 Å². The fraction of sp³-hybridized carbons (Fsp3) is 0.385. The molecule has 4 aromatic rings. The zero-order valence-corrected chi connectivity index (χ0v) is 19.1. The Morgan fingerprint density at radius 1 is 0.786 bits per heavy atom. The van der Waals surface area contributed by atoms with E-state index in [1.807, 2.05) is 27.7 Å². The minimum atomic E-state index is -0.0309. The number of fused-ring (bicyclic) bond motifs is 2. The standard InChI is InChI=1S/C22H24N2.2C2H6/c1-14-16-10-7-8-11-18(16)21-20-17(14)12-9-13-19(20)24(22(3,4)5)15(2)23(21)6;2*1-2/h7-13H,2H2,1,3-6H3;2*1-2H3. The second-order valence-electron chi connectivity index (χ2n) is 7.70. The summed E-state index contributed by atoms with van der Waals surface area (Å²) in [7, 11) is 2.13. The third-order valence-electron chi connectivity index (χ3n) is 5.16. The second kappa shape index (κ2) is 8.26. The highest BCUT2D eigenvalue weighted by Crippen LogP contribution is 2.36. The van der Waals surface area contributed by atoms with Crippen LogP contribution in [0.4, 0.5) is 0 Å². The van der Waals surface area contributed by atoms with E-state index in [1.165, 1.54) is 38.1 Å². The van der Waals surface area contributed by atoms with Gasteiger partial charge in [-0.05, 0) is 50.1 Å². The molecule has 0 unspecified atom stereocenters. The summed E-state index contributed by atoms with van der Waals surface area (Å²) in [6.45, 7) is 21.4. The summed E-state index contributed by atoms with van der Waals surface area (Å²) >= 11 is 0. The first kappa shape index (κ1) is 21.8. The van der Waals surface area contributed by atoms with Crippen LogP contribution in [-0.2, 0) is 12.6 Å². The van der Waals surface area contributed by atoms with Gasteiger partial charge < -0.3 is 9.13 Å². The molecule has 4 rings (SSSR count). The van der Waals surface area contributed by atoms with E-state index in [4.69, 9.17) is 0 Å². The average Bonchev–Trinajstić information content (AvgIpc) is 2.70. The molecule has 0 spiro atoms. The second-order valence-corrected chi connectivity index (χ2v) is 7.70. The van der Waals surface area contributed by atoms with Gasteiger partial charge in [-0.3, -0.25) is 0 Å². The first-order valence-electron chi connectivity index (χ1n) is 10.5. The van der Waals surface area contributed by atoms with Crippen molar-refractivity contribution in [3.63, 3.8) is 0 Å². The number of nitrogens with zero attached hydrogens (tertiary/aromatic N) is 2. The Morgan fingerprint density at radius 2 is 1.32 bits per heavy atom. The molecule has 0 amide bonds. The van der Waals surface area contributed by atoms with Crippen molar-refractivity contribution in [1.29, 1.82) is 0 Å². The zero-order chi connectivity index (χ0) is 21.2. The van der Waals surface area contributed by atoms with Gasteiger partial charge in [0.25, 0.3) is 0 Å². The number of hydrogen-bond acceptors (Lipinski definition) is 0. The number of aromatic nitrogens is 2. The predicted molar refractivity (Wildman–Crippen MR) is 128 cm³/mol. The Kier molecular flexibility index (Phi) is 6.44. The van der Waals surface area contributed by atoms with Crippen molar-refractivity contribution in [2.45, 2.75) is 60.9 Å². The summed E-state index contributed by atoms with van der Waals surface area (Å²) in [6.07, 6.45) is 0. The van der Waals surface area contributed by atoms with Gasteiger partial charge in [0.05, 0.1) is 11.0 Å². The minimum absolute atomic E-state index is 0.0309. The van der Waals surface area contributed by atoms with Gasteiger partial charge in [-0.2, -0.15) is 0 Å². The molecule has 0 bridgehead atoms. The van der Waals surface area contributed by atoms with Gasteiger partial charge in [-0.15, -0.1) is 0 Å². The van der Waals surface area contributed by atoms with Gasteiger partial charge in [0.1, 0.15) is 5.48 Å². The fourth-order valence-corrected chi connectivity index (χ4v) is 4.10. The smallest absolute Gasteiger partial charge is 0.106 e. The maximum Gasteiger partial charge on any atom is 0.106 e. The molecule has 1 aromatic heterocycles. The highest BCUT2D eigenvalue weighted by atomic mass is 15.1. The fourth-order valence-electron chi connectivity index (χ4n) is 4.10. The van der Waals surface area contributed by atoms with Crippen LogP contribution in [0.3, 0.4) is 0 Å². The van der Waals surface area contributed by atoms with Gasteiger partial charge in [-0.25, -0.2) is 0 Å². The van der Waals surface area contributed by atoms with E-state index < -0.39 is 0 Å². The first-order valence-corrected chi connectivity index (χ1v) is 10.5. The number of aryl methyl sites for hydroxylation is 2. The van der Waals surface area contributed by atoms with Crippen LogP contribution in [0.25, 0.3) is 39.2 Å². The van der Waals surface area contributed by atoms with Crippen LogP contribution >= 0.6 is 0 Å². The summed E-state index contributed by atoms with van der Waals surface area (Å²) in [5.41, 5.74) is 4.87. The van der Waals surface area contributed by atoms with E-state index in [0.29, 0.717) is 0 Å². The van der Waals surface area contributed by atoms with Gasteiger partial charge >= 0.3 is 0 Å². The van der Waals surface area contributed by atoms with E-state index in [0.717, 1.165) is 5.48 Å². The molecule has 0 aliphatic heterocycles. The van der Waals surface area contributed by atoms with Crippen LogP contribution < -0.4 is 5.48 Å². The molecule has 28 heavy (non-hydrogen) atoms.